The maximum absolute atomic E-state index is 15.2. The second-order valence-corrected chi connectivity index (χ2v) is 13.4. The number of hydrogen-bond acceptors (Lipinski definition) is 2. The number of hydrogen-bond donors (Lipinski definition) is 0. The van der Waals surface area contributed by atoms with Crippen LogP contribution in [0.1, 0.15) is 71.9 Å². The van der Waals surface area contributed by atoms with Gasteiger partial charge in [0.1, 0.15) is 23.3 Å². The minimum absolute atomic E-state index is 0.0162. The summed E-state index contributed by atoms with van der Waals surface area (Å²) >= 11 is 0. The average molecular weight is 603 g/mol. The van der Waals surface area contributed by atoms with Crippen LogP contribution in [0.2, 0.25) is 0 Å². The Morgan fingerprint density at radius 1 is 0.488 bits per heavy atom. The SMILES string of the molecule is O=S(=O)(Cc1ccc(C2=C(c3cccc(F)c3)CCC2)cc1F)Cc1ccc(C2=C(c3cccc(F)c3)CCC2)cc1F. The molecule has 4 aromatic rings. The fourth-order valence-electron chi connectivity index (χ4n) is 6.34. The van der Waals surface area contributed by atoms with Crippen LogP contribution in [0.4, 0.5) is 17.6 Å². The highest BCUT2D eigenvalue weighted by atomic mass is 32.2. The van der Waals surface area contributed by atoms with E-state index < -0.39 is 33.0 Å². The summed E-state index contributed by atoms with van der Waals surface area (Å²) in [7, 11) is -3.90. The van der Waals surface area contributed by atoms with Crippen LogP contribution in [0, 0.1) is 23.3 Å². The standard InChI is InChI=1S/C36H30F4O2S/c37-29-7-1-5-23(17-29)31-9-3-11-33(31)25-13-15-27(35(39)19-25)21-43(41,42)22-28-16-14-26(20-36(28)40)34-12-4-10-32(34)24-6-2-8-30(38)18-24/h1-2,5-8,13-20H,3-4,9-12,21-22H2. The normalized spacial score (nSPS) is 15.5. The van der Waals surface area contributed by atoms with Crippen molar-refractivity contribution in [2.75, 3.05) is 0 Å². The van der Waals surface area contributed by atoms with Gasteiger partial charge in [0, 0.05) is 11.1 Å². The molecule has 0 saturated carbocycles. The average Bonchev–Trinajstić information content (AvgIpc) is 3.66. The van der Waals surface area contributed by atoms with Crippen LogP contribution in [0.3, 0.4) is 0 Å². The summed E-state index contributed by atoms with van der Waals surface area (Å²) in [5.74, 6) is -3.09. The van der Waals surface area contributed by atoms with Crippen LogP contribution < -0.4 is 0 Å². The molecule has 7 heteroatoms. The van der Waals surface area contributed by atoms with Crippen molar-refractivity contribution in [3.63, 3.8) is 0 Å². The predicted molar refractivity (Wildman–Crippen MR) is 163 cm³/mol. The van der Waals surface area contributed by atoms with E-state index in [2.05, 4.69) is 0 Å². The molecule has 0 heterocycles. The topological polar surface area (TPSA) is 34.1 Å². The first-order valence-corrected chi connectivity index (χ1v) is 16.2. The minimum Gasteiger partial charge on any atom is -0.228 e. The molecule has 0 radical (unpaired) electrons. The molecule has 0 amide bonds. The molecule has 0 bridgehead atoms. The lowest BCUT2D eigenvalue weighted by Gasteiger charge is -2.12. The van der Waals surface area contributed by atoms with Crippen molar-refractivity contribution in [2.45, 2.75) is 50.0 Å². The third kappa shape index (κ3) is 6.37. The molecular weight excluding hydrogens is 572 g/mol. The van der Waals surface area contributed by atoms with E-state index in [4.69, 9.17) is 0 Å². The van der Waals surface area contributed by atoms with Crippen LogP contribution in [-0.4, -0.2) is 8.42 Å². The number of rotatable bonds is 8. The maximum Gasteiger partial charge on any atom is 0.158 e. The molecule has 6 rings (SSSR count). The van der Waals surface area contributed by atoms with E-state index in [0.717, 1.165) is 71.9 Å². The van der Waals surface area contributed by atoms with Crippen LogP contribution in [0.15, 0.2) is 84.9 Å². The van der Waals surface area contributed by atoms with Gasteiger partial charge in [-0.2, -0.15) is 0 Å². The molecule has 0 aromatic heterocycles. The zero-order valence-electron chi connectivity index (χ0n) is 23.5. The molecule has 2 aliphatic rings. The van der Waals surface area contributed by atoms with Crippen molar-refractivity contribution in [2.24, 2.45) is 0 Å². The Morgan fingerprint density at radius 3 is 1.21 bits per heavy atom. The lowest BCUT2D eigenvalue weighted by Crippen LogP contribution is -2.10. The Balaban J connectivity index is 1.20. The highest BCUT2D eigenvalue weighted by Crippen LogP contribution is 2.41. The molecule has 0 atom stereocenters. The van der Waals surface area contributed by atoms with Gasteiger partial charge >= 0.3 is 0 Å². The van der Waals surface area contributed by atoms with E-state index in [-0.39, 0.29) is 22.8 Å². The lowest BCUT2D eigenvalue weighted by atomic mass is 9.96. The largest absolute Gasteiger partial charge is 0.228 e. The van der Waals surface area contributed by atoms with E-state index in [1.54, 1.807) is 24.3 Å². The molecule has 0 N–H and O–H groups in total. The summed E-state index contributed by atoms with van der Waals surface area (Å²) in [5, 5.41) is 0. The third-order valence-corrected chi connectivity index (χ3v) is 9.84. The first kappa shape index (κ1) is 29.1. The number of benzene rings is 4. The molecule has 220 valence electrons. The highest BCUT2D eigenvalue weighted by molar-refractivity contribution is 7.89. The van der Waals surface area contributed by atoms with E-state index in [1.807, 2.05) is 12.1 Å². The smallest absolute Gasteiger partial charge is 0.158 e. The Labute approximate surface area is 249 Å². The van der Waals surface area contributed by atoms with E-state index in [0.29, 0.717) is 11.1 Å². The number of allylic oxidation sites excluding steroid dienone is 4. The minimum atomic E-state index is -3.90. The fraction of sp³-hybridized carbons (Fsp3) is 0.222. The van der Waals surface area contributed by atoms with Crippen molar-refractivity contribution in [3.05, 3.63) is 142 Å². The predicted octanol–water partition coefficient (Wildman–Crippen LogP) is 9.55. The molecule has 0 saturated heterocycles. The maximum atomic E-state index is 15.2. The zero-order chi connectivity index (χ0) is 30.1. The molecule has 0 fully saturated rings. The van der Waals surface area contributed by atoms with Crippen LogP contribution in [0.25, 0.3) is 22.3 Å². The lowest BCUT2D eigenvalue weighted by molar-refractivity contribution is 0.580. The summed E-state index contributed by atoms with van der Waals surface area (Å²) in [6, 6.07) is 21.7. The van der Waals surface area contributed by atoms with Crippen molar-refractivity contribution >= 4 is 32.1 Å². The van der Waals surface area contributed by atoms with Crippen LogP contribution in [0.5, 0.6) is 0 Å². The van der Waals surface area contributed by atoms with Crippen molar-refractivity contribution in [1.29, 1.82) is 0 Å². The Hall–Kier alpha value is -3.97. The van der Waals surface area contributed by atoms with Gasteiger partial charge in [-0.3, -0.25) is 0 Å². The molecule has 2 nitrogen and oxygen atoms in total. The van der Waals surface area contributed by atoms with Gasteiger partial charge in [0.2, 0.25) is 0 Å². The summed E-state index contributed by atoms with van der Waals surface area (Å²) in [6.07, 6.45) is 4.69. The second-order valence-electron chi connectivity index (χ2n) is 11.3. The third-order valence-electron chi connectivity index (χ3n) is 8.34. The van der Waals surface area contributed by atoms with Gasteiger partial charge in [-0.1, -0.05) is 48.5 Å². The van der Waals surface area contributed by atoms with Crippen LogP contribution >= 0.6 is 0 Å². The fourth-order valence-corrected chi connectivity index (χ4v) is 7.86. The van der Waals surface area contributed by atoms with Gasteiger partial charge in [0.15, 0.2) is 9.84 Å². The van der Waals surface area contributed by atoms with Crippen molar-refractivity contribution < 1.29 is 26.0 Å². The summed E-state index contributed by atoms with van der Waals surface area (Å²) < 4.78 is 84.2. The summed E-state index contributed by atoms with van der Waals surface area (Å²) in [6.45, 7) is 0. The molecule has 43 heavy (non-hydrogen) atoms. The molecule has 0 spiro atoms. The van der Waals surface area contributed by atoms with Gasteiger partial charge < -0.3 is 0 Å². The quantitative estimate of drug-likeness (QED) is 0.188. The van der Waals surface area contributed by atoms with Gasteiger partial charge in [-0.25, -0.2) is 26.0 Å². The van der Waals surface area contributed by atoms with Crippen molar-refractivity contribution in [3.8, 4) is 0 Å². The Bertz CT molecular complexity index is 1760. The molecular formula is C36H30F4O2S. The Morgan fingerprint density at radius 2 is 0.860 bits per heavy atom. The van der Waals surface area contributed by atoms with Crippen molar-refractivity contribution in [1.82, 2.24) is 0 Å². The number of halogens is 4. The highest BCUT2D eigenvalue weighted by Gasteiger charge is 2.23. The van der Waals surface area contributed by atoms with Crippen LogP contribution in [-0.2, 0) is 21.3 Å². The monoisotopic (exact) mass is 602 g/mol. The number of sulfone groups is 1. The summed E-state index contributed by atoms with van der Waals surface area (Å²) in [4.78, 5) is 0. The Kier molecular flexibility index (Phi) is 8.10. The van der Waals surface area contributed by atoms with Gasteiger partial charge in [-0.15, -0.1) is 0 Å². The molecule has 0 unspecified atom stereocenters. The van der Waals surface area contributed by atoms with E-state index >= 15 is 8.78 Å². The molecule has 2 aliphatic carbocycles. The molecule has 0 aliphatic heterocycles. The van der Waals surface area contributed by atoms with E-state index in [9.17, 15) is 17.2 Å². The van der Waals surface area contributed by atoms with Gasteiger partial charge in [-0.05, 0) is 119 Å². The first-order chi connectivity index (χ1) is 20.7. The van der Waals surface area contributed by atoms with E-state index in [1.165, 1.54) is 48.5 Å². The molecule has 4 aromatic carbocycles. The van der Waals surface area contributed by atoms with Gasteiger partial charge in [0.25, 0.3) is 0 Å². The zero-order valence-corrected chi connectivity index (χ0v) is 24.3. The summed E-state index contributed by atoms with van der Waals surface area (Å²) in [5.41, 5.74) is 6.66. The van der Waals surface area contributed by atoms with Gasteiger partial charge in [0.05, 0.1) is 11.5 Å². The first-order valence-electron chi connectivity index (χ1n) is 14.4. The second kappa shape index (κ2) is 12.0.